The molecule has 0 spiro atoms. The van der Waals surface area contributed by atoms with Crippen molar-refractivity contribution in [3.63, 3.8) is 0 Å². The summed E-state index contributed by atoms with van der Waals surface area (Å²) in [6.45, 7) is -0.404. The molecule has 2 N–H and O–H groups in total. The molecule has 0 bridgehead atoms. The largest absolute Gasteiger partial charge is 0.481 e. The standard InChI is InChI=1S/C15H13NO7S2/c17-13(18)7-9-3-4-11-10(6-9)16(8-12(23-11)15(19)20)25(21,22)14-2-1-5-24-14/h1-6,12H,7-8H2,(H,17,18)(H,19,20)/t12-/m1/s1. The molecule has 3 rings (SSSR count). The molecule has 1 aromatic carbocycles. The zero-order valence-corrected chi connectivity index (χ0v) is 14.3. The molecular weight excluding hydrogens is 370 g/mol. The van der Waals surface area contributed by atoms with Crippen LogP contribution in [-0.4, -0.2) is 43.2 Å². The van der Waals surface area contributed by atoms with Crippen molar-refractivity contribution in [2.75, 3.05) is 10.8 Å². The normalized spacial score (nSPS) is 16.8. The van der Waals surface area contributed by atoms with Crippen molar-refractivity contribution in [1.29, 1.82) is 0 Å². The monoisotopic (exact) mass is 383 g/mol. The van der Waals surface area contributed by atoms with E-state index in [0.29, 0.717) is 5.56 Å². The first-order valence-electron chi connectivity index (χ1n) is 7.09. The van der Waals surface area contributed by atoms with E-state index in [4.69, 9.17) is 9.84 Å². The number of rotatable bonds is 5. The van der Waals surface area contributed by atoms with Gasteiger partial charge in [0.2, 0.25) is 6.10 Å². The molecular formula is C15H13NO7S2. The Bertz CT molecular complexity index is 921. The number of carboxylic acid groups (broad SMARTS) is 2. The number of fused-ring (bicyclic) bond motifs is 1. The topological polar surface area (TPSA) is 121 Å². The van der Waals surface area contributed by atoms with Crippen LogP contribution in [0.5, 0.6) is 5.75 Å². The van der Waals surface area contributed by atoms with Gasteiger partial charge in [-0.1, -0.05) is 12.1 Å². The van der Waals surface area contributed by atoms with Crippen LogP contribution in [0.3, 0.4) is 0 Å². The van der Waals surface area contributed by atoms with Crippen molar-refractivity contribution in [2.24, 2.45) is 0 Å². The Morgan fingerprint density at radius 2 is 2.04 bits per heavy atom. The van der Waals surface area contributed by atoms with Gasteiger partial charge in [0.25, 0.3) is 10.0 Å². The second-order valence-corrected chi connectivity index (χ2v) is 8.32. The van der Waals surface area contributed by atoms with Crippen molar-refractivity contribution in [3.05, 3.63) is 41.3 Å². The van der Waals surface area contributed by atoms with Gasteiger partial charge in [0.15, 0.2) is 0 Å². The second kappa shape index (κ2) is 6.37. The Hall–Kier alpha value is -2.59. The summed E-state index contributed by atoms with van der Waals surface area (Å²) < 4.78 is 32.1. The highest BCUT2D eigenvalue weighted by Crippen LogP contribution is 2.38. The van der Waals surface area contributed by atoms with Gasteiger partial charge >= 0.3 is 11.9 Å². The van der Waals surface area contributed by atoms with Gasteiger partial charge in [-0.25, -0.2) is 13.2 Å². The molecule has 25 heavy (non-hydrogen) atoms. The van der Waals surface area contributed by atoms with E-state index in [2.05, 4.69) is 0 Å². The molecule has 0 saturated carbocycles. The van der Waals surface area contributed by atoms with Gasteiger partial charge in [-0.2, -0.15) is 0 Å². The molecule has 0 unspecified atom stereocenters. The number of aliphatic carboxylic acids is 2. The summed E-state index contributed by atoms with van der Waals surface area (Å²) in [5, 5.41) is 19.8. The fourth-order valence-electron chi connectivity index (χ4n) is 2.46. The summed E-state index contributed by atoms with van der Waals surface area (Å²) >= 11 is 1.01. The number of thiophene rings is 1. The Labute approximate surface area is 146 Å². The Morgan fingerprint density at radius 3 is 2.64 bits per heavy atom. The lowest BCUT2D eigenvalue weighted by Gasteiger charge is -2.33. The number of anilines is 1. The summed E-state index contributed by atoms with van der Waals surface area (Å²) in [5.74, 6) is -2.27. The number of hydrogen-bond donors (Lipinski definition) is 2. The summed E-state index contributed by atoms with van der Waals surface area (Å²) in [6.07, 6.45) is -1.64. The minimum Gasteiger partial charge on any atom is -0.481 e. The SMILES string of the molecule is O=C(O)Cc1ccc2c(c1)N(S(=O)(=O)c1cccs1)C[C@H](C(=O)O)O2. The summed E-state index contributed by atoms with van der Waals surface area (Å²) in [4.78, 5) is 22.2. The predicted molar refractivity (Wildman–Crippen MR) is 88.7 cm³/mol. The quantitative estimate of drug-likeness (QED) is 0.801. The molecule has 0 saturated heterocycles. The van der Waals surface area contributed by atoms with Gasteiger partial charge in [-0.15, -0.1) is 11.3 Å². The summed E-state index contributed by atoms with van der Waals surface area (Å²) in [5.41, 5.74) is 0.514. The highest BCUT2D eigenvalue weighted by molar-refractivity contribution is 7.94. The number of carbonyl (C=O) groups is 2. The number of ether oxygens (including phenoxy) is 1. The number of hydrogen-bond acceptors (Lipinski definition) is 6. The van der Waals surface area contributed by atoms with Crippen molar-refractivity contribution >= 4 is 39.0 Å². The van der Waals surface area contributed by atoms with Crippen LogP contribution in [0, 0.1) is 0 Å². The van der Waals surface area contributed by atoms with Gasteiger partial charge < -0.3 is 14.9 Å². The van der Waals surface area contributed by atoms with Gasteiger partial charge in [0.05, 0.1) is 18.7 Å². The molecule has 1 aliphatic rings. The van der Waals surface area contributed by atoms with E-state index >= 15 is 0 Å². The zero-order valence-electron chi connectivity index (χ0n) is 12.7. The third-order valence-electron chi connectivity index (χ3n) is 3.56. The van der Waals surface area contributed by atoms with Gasteiger partial charge in [0.1, 0.15) is 9.96 Å². The van der Waals surface area contributed by atoms with Crippen LogP contribution < -0.4 is 9.04 Å². The van der Waals surface area contributed by atoms with Crippen molar-refractivity contribution in [1.82, 2.24) is 0 Å². The van der Waals surface area contributed by atoms with E-state index in [-0.39, 0.29) is 22.1 Å². The van der Waals surface area contributed by atoms with Crippen LogP contribution in [0.1, 0.15) is 5.56 Å². The Morgan fingerprint density at radius 1 is 1.28 bits per heavy atom. The molecule has 0 fully saturated rings. The first-order chi connectivity index (χ1) is 11.8. The molecule has 8 nitrogen and oxygen atoms in total. The van der Waals surface area contributed by atoms with Crippen LogP contribution in [0.2, 0.25) is 0 Å². The van der Waals surface area contributed by atoms with Crippen LogP contribution >= 0.6 is 11.3 Å². The highest BCUT2D eigenvalue weighted by atomic mass is 32.2. The maximum atomic E-state index is 12.9. The smallest absolute Gasteiger partial charge is 0.346 e. The van der Waals surface area contributed by atoms with Gasteiger partial charge in [-0.05, 0) is 29.1 Å². The minimum absolute atomic E-state index is 0.0631. The maximum absolute atomic E-state index is 12.9. The van der Waals surface area contributed by atoms with E-state index in [0.717, 1.165) is 15.6 Å². The van der Waals surface area contributed by atoms with E-state index in [1.165, 1.54) is 24.3 Å². The lowest BCUT2D eigenvalue weighted by Crippen LogP contribution is -2.46. The number of benzene rings is 1. The van der Waals surface area contributed by atoms with E-state index < -0.39 is 34.6 Å². The van der Waals surface area contributed by atoms with Gasteiger partial charge in [0, 0.05) is 0 Å². The number of sulfonamides is 1. The van der Waals surface area contributed by atoms with E-state index in [1.807, 2.05) is 0 Å². The zero-order chi connectivity index (χ0) is 18.2. The molecule has 1 atom stereocenters. The van der Waals surface area contributed by atoms with Crippen molar-refractivity contribution in [2.45, 2.75) is 16.7 Å². The third kappa shape index (κ3) is 3.30. The second-order valence-electron chi connectivity index (χ2n) is 5.29. The van der Waals surface area contributed by atoms with E-state index in [9.17, 15) is 23.1 Å². The fraction of sp³-hybridized carbons (Fsp3) is 0.200. The summed E-state index contributed by atoms with van der Waals surface area (Å²) in [7, 11) is -3.98. The molecule has 132 valence electrons. The van der Waals surface area contributed by atoms with E-state index in [1.54, 1.807) is 11.4 Å². The molecule has 2 heterocycles. The summed E-state index contributed by atoms with van der Waals surface area (Å²) in [6, 6.07) is 7.25. The molecule has 1 aromatic heterocycles. The molecule has 0 radical (unpaired) electrons. The molecule has 1 aliphatic heterocycles. The number of carboxylic acids is 2. The fourth-order valence-corrected chi connectivity index (χ4v) is 5.03. The maximum Gasteiger partial charge on any atom is 0.346 e. The van der Waals surface area contributed by atoms with Crippen molar-refractivity contribution < 1.29 is 33.0 Å². The Kier molecular flexibility index (Phi) is 4.39. The minimum atomic E-state index is -3.98. The molecule has 10 heteroatoms. The third-order valence-corrected chi connectivity index (χ3v) is 6.72. The Balaban J connectivity index is 2.11. The van der Waals surface area contributed by atoms with Crippen LogP contribution in [0.15, 0.2) is 39.9 Å². The molecule has 0 aliphatic carbocycles. The highest BCUT2D eigenvalue weighted by Gasteiger charge is 2.38. The first-order valence-corrected chi connectivity index (χ1v) is 9.41. The lowest BCUT2D eigenvalue weighted by molar-refractivity contribution is -0.144. The van der Waals surface area contributed by atoms with Crippen LogP contribution in [-0.2, 0) is 26.0 Å². The first kappa shape index (κ1) is 17.2. The predicted octanol–water partition coefficient (Wildman–Crippen LogP) is 1.42. The number of nitrogens with zero attached hydrogens (tertiary/aromatic N) is 1. The average Bonchev–Trinajstić information content (AvgIpc) is 3.08. The van der Waals surface area contributed by atoms with Crippen molar-refractivity contribution in [3.8, 4) is 5.75 Å². The lowest BCUT2D eigenvalue weighted by atomic mass is 10.1. The van der Waals surface area contributed by atoms with Crippen LogP contribution in [0.25, 0.3) is 0 Å². The average molecular weight is 383 g/mol. The van der Waals surface area contributed by atoms with Gasteiger partial charge in [-0.3, -0.25) is 9.10 Å². The molecule has 2 aromatic rings. The molecule has 0 amide bonds. The van der Waals surface area contributed by atoms with Crippen LogP contribution in [0.4, 0.5) is 5.69 Å².